The highest BCUT2D eigenvalue weighted by Gasteiger charge is 2.14. The first-order valence-corrected chi connectivity index (χ1v) is 13.5. The highest BCUT2D eigenvalue weighted by molar-refractivity contribution is 9.10. The van der Waals surface area contributed by atoms with Gasteiger partial charge in [0.05, 0.1) is 21.3 Å². The Bertz CT molecular complexity index is 1560. The fourth-order valence-electron chi connectivity index (χ4n) is 3.55. The molecule has 0 fully saturated rings. The van der Waals surface area contributed by atoms with Crippen molar-refractivity contribution in [3.05, 3.63) is 99.5 Å². The number of nitrogens with zero attached hydrogens (tertiary/aromatic N) is 3. The third kappa shape index (κ3) is 5.84. The largest absolute Gasteiger partial charge is 0.507 e. The number of allylic oxidation sites excluding steroid dienone is 4. The van der Waals surface area contributed by atoms with Crippen LogP contribution in [-0.4, -0.2) is 28.1 Å². The first-order valence-electron chi connectivity index (χ1n) is 11.2. The van der Waals surface area contributed by atoms with Gasteiger partial charge in [0, 0.05) is 24.7 Å². The van der Waals surface area contributed by atoms with E-state index in [1.54, 1.807) is 48.0 Å². The fraction of sp³-hybridized carbons (Fsp3) is 0.154. The van der Waals surface area contributed by atoms with Gasteiger partial charge in [0.2, 0.25) is 10.0 Å². The zero-order chi connectivity index (χ0) is 25.7. The minimum Gasteiger partial charge on any atom is -0.507 e. The van der Waals surface area contributed by atoms with Crippen molar-refractivity contribution >= 4 is 37.4 Å². The van der Waals surface area contributed by atoms with Crippen molar-refractivity contribution in [2.24, 2.45) is 0 Å². The Hall–Kier alpha value is -3.47. The number of anilines is 1. The van der Waals surface area contributed by atoms with Crippen molar-refractivity contribution in [3.8, 4) is 17.0 Å². The van der Waals surface area contributed by atoms with E-state index in [1.807, 2.05) is 49.4 Å². The zero-order valence-corrected chi connectivity index (χ0v) is 22.2. The second-order valence-corrected chi connectivity index (χ2v) is 10.9. The molecule has 2 aromatic heterocycles. The van der Waals surface area contributed by atoms with Crippen molar-refractivity contribution in [3.63, 3.8) is 0 Å². The molecule has 0 aliphatic carbocycles. The standard InChI is InChI=1S/C26H26BrN5O3S/c1-3-4-8-18(2)36(34,35)30-16-20-10-7-9-19(13-20)15-28-25-14-23(21-11-5-6-12-24(21)33)31-26-22(27)17-29-32(25)26/h3-14,17,28,30,33H,15-16H2,1-2H3/b4-3-,18-8+. The van der Waals surface area contributed by atoms with Gasteiger partial charge in [0.25, 0.3) is 0 Å². The number of benzene rings is 2. The predicted octanol–water partition coefficient (Wildman–Crippen LogP) is 5.38. The number of sulfonamides is 1. The summed E-state index contributed by atoms with van der Waals surface area (Å²) in [5.74, 6) is 0.835. The smallest absolute Gasteiger partial charge is 0.236 e. The number of aromatic hydroxyl groups is 1. The maximum atomic E-state index is 12.4. The molecule has 0 aliphatic heterocycles. The SMILES string of the molecule is C/C=C\C=C(/C)S(=O)(=O)NCc1cccc(CNc2cc(-c3ccccc3O)nc3c(Br)cnn23)c1. The number of phenolic OH excluding ortho intramolecular Hbond substituents is 1. The fourth-order valence-corrected chi connectivity index (χ4v) is 4.74. The molecule has 8 nitrogen and oxygen atoms in total. The topological polar surface area (TPSA) is 109 Å². The van der Waals surface area contributed by atoms with E-state index in [-0.39, 0.29) is 17.2 Å². The van der Waals surface area contributed by atoms with Gasteiger partial charge in [-0.15, -0.1) is 0 Å². The summed E-state index contributed by atoms with van der Waals surface area (Å²) < 4.78 is 29.9. The van der Waals surface area contributed by atoms with Gasteiger partial charge in [-0.1, -0.05) is 48.6 Å². The number of halogens is 1. The van der Waals surface area contributed by atoms with E-state index < -0.39 is 10.0 Å². The molecule has 36 heavy (non-hydrogen) atoms. The average Bonchev–Trinajstić information content (AvgIpc) is 3.25. The molecule has 0 bridgehead atoms. The number of fused-ring (bicyclic) bond motifs is 1. The molecule has 4 aromatic rings. The van der Waals surface area contributed by atoms with E-state index >= 15 is 0 Å². The third-order valence-corrected chi connectivity index (χ3v) is 7.55. The molecule has 0 atom stereocenters. The number of aromatic nitrogens is 3. The second-order valence-electron chi connectivity index (χ2n) is 8.07. The van der Waals surface area contributed by atoms with Crippen LogP contribution in [0.4, 0.5) is 5.82 Å². The summed E-state index contributed by atoms with van der Waals surface area (Å²) in [6.07, 6.45) is 6.70. The van der Waals surface area contributed by atoms with Gasteiger partial charge in [-0.25, -0.2) is 18.1 Å². The molecular formula is C26H26BrN5O3S. The van der Waals surface area contributed by atoms with Gasteiger partial charge < -0.3 is 10.4 Å². The van der Waals surface area contributed by atoms with Gasteiger partial charge in [-0.05, 0) is 59.1 Å². The van der Waals surface area contributed by atoms with Crippen LogP contribution in [0.2, 0.25) is 0 Å². The average molecular weight is 568 g/mol. The molecule has 0 aliphatic rings. The Labute approximate surface area is 218 Å². The monoisotopic (exact) mass is 567 g/mol. The lowest BCUT2D eigenvalue weighted by molar-refractivity contribution is 0.477. The van der Waals surface area contributed by atoms with E-state index in [2.05, 4.69) is 36.1 Å². The van der Waals surface area contributed by atoms with Crippen LogP contribution in [0.5, 0.6) is 5.75 Å². The molecule has 10 heteroatoms. The summed E-state index contributed by atoms with van der Waals surface area (Å²) in [6.45, 7) is 4.05. The van der Waals surface area contributed by atoms with Crippen LogP contribution in [0.3, 0.4) is 0 Å². The van der Waals surface area contributed by atoms with E-state index in [9.17, 15) is 13.5 Å². The predicted molar refractivity (Wildman–Crippen MR) is 146 cm³/mol. The van der Waals surface area contributed by atoms with E-state index in [4.69, 9.17) is 0 Å². The van der Waals surface area contributed by atoms with E-state index in [0.717, 1.165) is 15.6 Å². The minimum atomic E-state index is -3.55. The lowest BCUT2D eigenvalue weighted by atomic mass is 10.1. The quantitative estimate of drug-likeness (QED) is 0.234. The molecule has 0 unspecified atom stereocenters. The van der Waals surface area contributed by atoms with Crippen LogP contribution in [0, 0.1) is 0 Å². The Morgan fingerprint density at radius 3 is 2.61 bits per heavy atom. The number of hydrogen-bond acceptors (Lipinski definition) is 6. The maximum absolute atomic E-state index is 12.4. The molecule has 0 spiro atoms. The zero-order valence-electron chi connectivity index (χ0n) is 19.8. The van der Waals surface area contributed by atoms with Crippen LogP contribution in [0.25, 0.3) is 16.9 Å². The first-order chi connectivity index (χ1) is 17.3. The summed E-state index contributed by atoms with van der Waals surface area (Å²) in [4.78, 5) is 4.91. The molecule has 4 rings (SSSR count). The van der Waals surface area contributed by atoms with Crippen LogP contribution in [0.1, 0.15) is 25.0 Å². The van der Waals surface area contributed by atoms with Crippen LogP contribution in [0.15, 0.2) is 88.4 Å². The Morgan fingerprint density at radius 2 is 1.86 bits per heavy atom. The summed E-state index contributed by atoms with van der Waals surface area (Å²) >= 11 is 3.49. The van der Waals surface area contributed by atoms with Gasteiger partial charge in [0.1, 0.15) is 11.6 Å². The Morgan fingerprint density at radius 1 is 1.11 bits per heavy atom. The number of phenols is 1. The molecule has 0 saturated heterocycles. The van der Waals surface area contributed by atoms with Crippen LogP contribution in [-0.2, 0) is 23.1 Å². The number of nitrogens with one attached hydrogen (secondary N) is 2. The number of para-hydroxylation sites is 1. The lowest BCUT2D eigenvalue weighted by Gasteiger charge is -2.13. The lowest BCUT2D eigenvalue weighted by Crippen LogP contribution is -2.23. The van der Waals surface area contributed by atoms with Crippen molar-refractivity contribution in [2.45, 2.75) is 26.9 Å². The van der Waals surface area contributed by atoms with E-state index in [1.165, 1.54) is 0 Å². The van der Waals surface area contributed by atoms with Gasteiger partial charge in [-0.3, -0.25) is 0 Å². The third-order valence-electron chi connectivity index (χ3n) is 5.49. The highest BCUT2D eigenvalue weighted by Crippen LogP contribution is 2.31. The van der Waals surface area contributed by atoms with Crippen molar-refractivity contribution in [2.75, 3.05) is 5.32 Å². The minimum absolute atomic E-state index is 0.141. The summed E-state index contributed by atoms with van der Waals surface area (Å²) in [7, 11) is -3.55. The van der Waals surface area contributed by atoms with Crippen LogP contribution < -0.4 is 10.0 Å². The normalized spacial score (nSPS) is 12.5. The first kappa shape index (κ1) is 25.6. The van der Waals surface area contributed by atoms with Crippen molar-refractivity contribution in [1.82, 2.24) is 19.3 Å². The van der Waals surface area contributed by atoms with Gasteiger partial charge in [0.15, 0.2) is 5.65 Å². The molecule has 0 radical (unpaired) electrons. The van der Waals surface area contributed by atoms with Gasteiger partial charge >= 0.3 is 0 Å². The molecule has 2 aromatic carbocycles. The van der Waals surface area contributed by atoms with E-state index in [0.29, 0.717) is 29.3 Å². The van der Waals surface area contributed by atoms with Crippen molar-refractivity contribution < 1.29 is 13.5 Å². The molecule has 0 amide bonds. The van der Waals surface area contributed by atoms with Gasteiger partial charge in [-0.2, -0.15) is 9.61 Å². The number of hydrogen-bond donors (Lipinski definition) is 3. The molecule has 0 saturated carbocycles. The van der Waals surface area contributed by atoms with Crippen LogP contribution >= 0.6 is 15.9 Å². The molecular weight excluding hydrogens is 542 g/mol. The summed E-state index contributed by atoms with van der Waals surface area (Å²) in [5, 5.41) is 18.1. The summed E-state index contributed by atoms with van der Waals surface area (Å²) in [6, 6.07) is 16.5. The molecule has 2 heterocycles. The molecule has 3 N–H and O–H groups in total. The number of rotatable bonds is 9. The Kier molecular flexibility index (Phi) is 7.88. The maximum Gasteiger partial charge on any atom is 0.236 e. The second kappa shape index (κ2) is 11.1. The van der Waals surface area contributed by atoms with Crippen molar-refractivity contribution in [1.29, 1.82) is 0 Å². The summed E-state index contributed by atoms with van der Waals surface area (Å²) in [5.41, 5.74) is 3.64. The highest BCUT2D eigenvalue weighted by atomic mass is 79.9. The molecule has 186 valence electrons. The Balaban J connectivity index is 1.54.